The van der Waals surface area contributed by atoms with Gasteiger partial charge in [-0.15, -0.1) is 10.2 Å². The number of ether oxygens (including phenoxy) is 2. The largest absolute Gasteiger partial charge is 0.506 e. The smallest absolute Gasteiger partial charge is 0.337 e. The van der Waals surface area contributed by atoms with E-state index < -0.39 is 17.8 Å². The molecule has 0 unspecified atom stereocenters. The third kappa shape index (κ3) is 6.03. The molecule has 39 heavy (non-hydrogen) atoms. The van der Waals surface area contributed by atoms with Gasteiger partial charge < -0.3 is 25.0 Å². The fourth-order valence-corrected chi connectivity index (χ4v) is 4.66. The summed E-state index contributed by atoms with van der Waals surface area (Å²) in [6.45, 7) is 0. The molecule has 4 rings (SSSR count). The number of hydrogen-bond donors (Lipinski definition) is 4. The number of nitrogens with one attached hydrogen (secondary N) is 2. The standard InChI is InChI=1S/C25H18Cl2N4O7S/c1-37-18-9-14(24(35)36)17(10-19(18)38-2)28-21(33)11-3-5-12(6-4-11)22(34)29-25-31-30-23(39-25)15-7-13(26)8-16(27)20(15)32/h3-10,32H,1-2H3,(H,28,33)(H,35,36)(H,29,31,34). The molecule has 200 valence electrons. The number of rotatable bonds is 8. The Labute approximate surface area is 234 Å². The van der Waals surface area contributed by atoms with Gasteiger partial charge in [0.25, 0.3) is 11.8 Å². The number of amides is 2. The van der Waals surface area contributed by atoms with E-state index >= 15 is 0 Å². The molecule has 3 aromatic carbocycles. The molecular formula is C25H18Cl2N4O7S. The third-order valence-electron chi connectivity index (χ3n) is 5.32. The first-order valence-electron chi connectivity index (χ1n) is 10.8. The third-order valence-corrected chi connectivity index (χ3v) is 6.69. The van der Waals surface area contributed by atoms with Crippen molar-refractivity contribution in [3.05, 3.63) is 75.3 Å². The molecule has 1 heterocycles. The summed E-state index contributed by atoms with van der Waals surface area (Å²) in [5, 5.41) is 33.5. The molecule has 0 aliphatic rings. The van der Waals surface area contributed by atoms with Gasteiger partial charge in [0.15, 0.2) is 16.5 Å². The number of anilines is 2. The quantitative estimate of drug-likeness (QED) is 0.210. The van der Waals surface area contributed by atoms with Crippen molar-refractivity contribution in [2.75, 3.05) is 24.9 Å². The van der Waals surface area contributed by atoms with Gasteiger partial charge >= 0.3 is 5.97 Å². The van der Waals surface area contributed by atoms with E-state index in [1.165, 1.54) is 62.8 Å². The molecule has 0 aliphatic heterocycles. The molecule has 0 saturated carbocycles. The van der Waals surface area contributed by atoms with Gasteiger partial charge in [-0.05, 0) is 36.4 Å². The van der Waals surface area contributed by atoms with Gasteiger partial charge in [-0.25, -0.2) is 4.79 Å². The zero-order valence-corrected chi connectivity index (χ0v) is 22.4. The van der Waals surface area contributed by atoms with Crippen LogP contribution in [0.25, 0.3) is 10.6 Å². The summed E-state index contributed by atoms with van der Waals surface area (Å²) in [6.07, 6.45) is 0. The summed E-state index contributed by atoms with van der Waals surface area (Å²) in [5.41, 5.74) is 0.465. The molecule has 2 amide bonds. The number of carbonyl (C=O) groups is 3. The van der Waals surface area contributed by atoms with Crippen LogP contribution in [0.4, 0.5) is 10.8 Å². The van der Waals surface area contributed by atoms with Gasteiger partial charge in [0, 0.05) is 28.3 Å². The highest BCUT2D eigenvalue weighted by Gasteiger charge is 2.20. The first-order chi connectivity index (χ1) is 18.6. The van der Waals surface area contributed by atoms with E-state index in [1.807, 2.05) is 0 Å². The normalized spacial score (nSPS) is 10.6. The Hall–Kier alpha value is -4.39. The zero-order chi connectivity index (χ0) is 28.3. The molecule has 14 heteroatoms. The maximum absolute atomic E-state index is 12.8. The van der Waals surface area contributed by atoms with E-state index in [0.717, 1.165) is 11.3 Å². The van der Waals surface area contributed by atoms with Crippen LogP contribution in [0.1, 0.15) is 31.1 Å². The number of carboxylic acid groups (broad SMARTS) is 1. The van der Waals surface area contributed by atoms with Crippen LogP contribution in [0.2, 0.25) is 10.0 Å². The van der Waals surface area contributed by atoms with E-state index in [1.54, 1.807) is 0 Å². The number of nitrogens with zero attached hydrogens (tertiary/aromatic N) is 2. The van der Waals surface area contributed by atoms with Gasteiger partial charge in [-0.3, -0.25) is 14.9 Å². The predicted octanol–water partition coefficient (Wildman–Crippen LogP) is 5.44. The van der Waals surface area contributed by atoms with Crippen LogP contribution in [0.3, 0.4) is 0 Å². The number of carbonyl (C=O) groups excluding carboxylic acids is 2. The van der Waals surface area contributed by atoms with Crippen molar-refractivity contribution in [3.63, 3.8) is 0 Å². The van der Waals surface area contributed by atoms with Crippen molar-refractivity contribution >= 4 is 63.1 Å². The van der Waals surface area contributed by atoms with E-state index in [4.69, 9.17) is 32.7 Å². The van der Waals surface area contributed by atoms with Crippen LogP contribution in [-0.4, -0.2) is 52.4 Å². The van der Waals surface area contributed by atoms with E-state index in [2.05, 4.69) is 20.8 Å². The highest BCUT2D eigenvalue weighted by molar-refractivity contribution is 7.18. The fourth-order valence-electron chi connectivity index (χ4n) is 3.41. The molecule has 11 nitrogen and oxygen atoms in total. The van der Waals surface area contributed by atoms with E-state index in [0.29, 0.717) is 5.02 Å². The molecule has 0 fully saturated rings. The Kier molecular flexibility index (Phi) is 8.19. The Balaban J connectivity index is 1.48. The number of methoxy groups -OCH3 is 2. The number of aromatic hydroxyl groups is 1. The second kappa shape index (κ2) is 11.6. The summed E-state index contributed by atoms with van der Waals surface area (Å²) < 4.78 is 10.3. The molecule has 4 N–H and O–H groups in total. The molecule has 4 aromatic rings. The lowest BCUT2D eigenvalue weighted by atomic mass is 10.1. The van der Waals surface area contributed by atoms with Crippen molar-refractivity contribution in [1.29, 1.82) is 0 Å². The summed E-state index contributed by atoms with van der Waals surface area (Å²) in [7, 11) is 2.75. The second-order valence-electron chi connectivity index (χ2n) is 7.74. The lowest BCUT2D eigenvalue weighted by molar-refractivity contribution is 0.0697. The summed E-state index contributed by atoms with van der Waals surface area (Å²) >= 11 is 12.9. The molecule has 0 radical (unpaired) electrons. The van der Waals surface area contributed by atoms with Gasteiger partial charge in [0.05, 0.1) is 36.1 Å². The van der Waals surface area contributed by atoms with Crippen molar-refractivity contribution in [2.24, 2.45) is 0 Å². The average Bonchev–Trinajstić information content (AvgIpc) is 3.38. The first kappa shape index (κ1) is 27.6. The number of phenols is 1. The van der Waals surface area contributed by atoms with Crippen molar-refractivity contribution in [1.82, 2.24) is 10.2 Å². The molecule has 0 atom stereocenters. The number of carboxylic acids is 1. The summed E-state index contributed by atoms with van der Waals surface area (Å²) in [5.74, 6) is -2.19. The predicted molar refractivity (Wildman–Crippen MR) is 146 cm³/mol. The number of phenolic OH excluding ortho intramolecular Hbond substituents is 1. The number of halogens is 2. The monoisotopic (exact) mass is 588 g/mol. The zero-order valence-electron chi connectivity index (χ0n) is 20.1. The Bertz CT molecular complexity index is 1590. The van der Waals surface area contributed by atoms with E-state index in [-0.39, 0.29) is 60.4 Å². The highest BCUT2D eigenvalue weighted by Crippen LogP contribution is 2.40. The number of aromatic carboxylic acids is 1. The Morgan fingerprint density at radius 1 is 0.872 bits per heavy atom. The van der Waals surface area contributed by atoms with Crippen molar-refractivity contribution in [2.45, 2.75) is 0 Å². The van der Waals surface area contributed by atoms with Gasteiger partial charge in [-0.2, -0.15) is 0 Å². The average molecular weight is 589 g/mol. The Morgan fingerprint density at radius 3 is 2.05 bits per heavy atom. The van der Waals surface area contributed by atoms with Crippen LogP contribution in [0.15, 0.2) is 48.5 Å². The molecule has 0 saturated heterocycles. The maximum Gasteiger partial charge on any atom is 0.337 e. The van der Waals surface area contributed by atoms with Crippen LogP contribution in [0, 0.1) is 0 Å². The number of hydrogen-bond acceptors (Lipinski definition) is 9. The highest BCUT2D eigenvalue weighted by atomic mass is 35.5. The van der Waals surface area contributed by atoms with Gasteiger partial charge in [0.1, 0.15) is 5.75 Å². The van der Waals surface area contributed by atoms with Crippen LogP contribution in [-0.2, 0) is 0 Å². The van der Waals surface area contributed by atoms with Gasteiger partial charge in [-0.1, -0.05) is 34.5 Å². The SMILES string of the molecule is COc1cc(NC(=O)c2ccc(C(=O)Nc3nnc(-c4cc(Cl)cc(Cl)c4O)s3)cc2)c(C(=O)O)cc1OC. The molecule has 0 aliphatic carbocycles. The molecule has 0 bridgehead atoms. The van der Waals surface area contributed by atoms with E-state index in [9.17, 15) is 24.6 Å². The van der Waals surface area contributed by atoms with Crippen LogP contribution < -0.4 is 20.1 Å². The lowest BCUT2D eigenvalue weighted by Crippen LogP contribution is -2.16. The lowest BCUT2D eigenvalue weighted by Gasteiger charge is -2.14. The van der Waals surface area contributed by atoms with Crippen molar-refractivity contribution < 1.29 is 34.1 Å². The minimum atomic E-state index is -1.27. The first-order valence-corrected chi connectivity index (χ1v) is 12.4. The molecule has 0 spiro atoms. The van der Waals surface area contributed by atoms with Crippen molar-refractivity contribution in [3.8, 4) is 27.8 Å². The summed E-state index contributed by atoms with van der Waals surface area (Å²) in [4.78, 5) is 37.2. The minimum absolute atomic E-state index is 0.00562. The van der Waals surface area contributed by atoms with Crippen LogP contribution in [0.5, 0.6) is 17.2 Å². The molecular weight excluding hydrogens is 571 g/mol. The topological polar surface area (TPSA) is 160 Å². The Morgan fingerprint density at radius 2 is 1.46 bits per heavy atom. The maximum atomic E-state index is 12.8. The second-order valence-corrected chi connectivity index (χ2v) is 9.56. The molecule has 1 aromatic heterocycles. The minimum Gasteiger partial charge on any atom is -0.506 e. The fraction of sp³-hybridized carbons (Fsp3) is 0.0800. The van der Waals surface area contributed by atoms with Gasteiger partial charge in [0.2, 0.25) is 5.13 Å². The number of aromatic nitrogens is 2. The summed E-state index contributed by atoms with van der Waals surface area (Å²) in [6, 6.07) is 11.1. The van der Waals surface area contributed by atoms with Crippen LogP contribution >= 0.6 is 34.5 Å². The number of benzene rings is 3.